The maximum Gasteiger partial charge on any atom is 0.183 e. The summed E-state index contributed by atoms with van der Waals surface area (Å²) in [6.07, 6.45) is 1.79. The zero-order chi connectivity index (χ0) is 16.9. The lowest BCUT2D eigenvalue weighted by molar-refractivity contribution is 0.395. The van der Waals surface area contributed by atoms with Gasteiger partial charge in [-0.15, -0.1) is 11.3 Å². The van der Waals surface area contributed by atoms with Crippen LogP contribution in [0.3, 0.4) is 0 Å². The quantitative estimate of drug-likeness (QED) is 0.664. The topological polar surface area (TPSA) is 43.4 Å². The molecule has 1 heterocycles. The van der Waals surface area contributed by atoms with Crippen LogP contribution in [0.4, 0.5) is 5.69 Å². The second-order valence-corrected chi connectivity index (χ2v) is 6.77. The second kappa shape index (κ2) is 7.55. The number of rotatable bonds is 6. The molecule has 1 aromatic heterocycles. The minimum absolute atomic E-state index is 0.564. The van der Waals surface area contributed by atoms with Crippen molar-refractivity contribution in [1.29, 1.82) is 0 Å². The van der Waals surface area contributed by atoms with Crippen LogP contribution in [0.2, 0.25) is 4.47 Å². The summed E-state index contributed by atoms with van der Waals surface area (Å²) in [6.45, 7) is 0.704. The highest BCUT2D eigenvalue weighted by molar-refractivity contribution is 7.15. The molecule has 0 saturated carbocycles. The third-order valence-electron chi connectivity index (χ3n) is 3.60. The Morgan fingerprint density at radius 1 is 1.08 bits per heavy atom. The Morgan fingerprint density at radius 2 is 1.88 bits per heavy atom. The molecule has 0 amide bonds. The van der Waals surface area contributed by atoms with Gasteiger partial charge in [0, 0.05) is 28.4 Å². The van der Waals surface area contributed by atoms with Crippen molar-refractivity contribution in [1.82, 2.24) is 4.98 Å². The molecule has 0 fully saturated rings. The summed E-state index contributed by atoms with van der Waals surface area (Å²) in [5.41, 5.74) is 3.15. The first-order valence-corrected chi connectivity index (χ1v) is 8.55. The SMILES string of the molecule is COc1ccc(-c2ccc(NCc3cnc(Cl)s3)cc2)c(OC)c1. The number of anilines is 1. The third-order valence-corrected chi connectivity index (χ3v) is 4.71. The van der Waals surface area contributed by atoms with Gasteiger partial charge >= 0.3 is 0 Å². The molecular weight excluding hydrogens is 344 g/mol. The fourth-order valence-electron chi connectivity index (χ4n) is 2.36. The number of ether oxygens (including phenoxy) is 2. The van der Waals surface area contributed by atoms with Crippen molar-refractivity contribution >= 4 is 28.6 Å². The van der Waals surface area contributed by atoms with Crippen molar-refractivity contribution in [2.45, 2.75) is 6.54 Å². The molecule has 0 saturated heterocycles. The number of nitrogens with one attached hydrogen (secondary N) is 1. The smallest absolute Gasteiger partial charge is 0.183 e. The van der Waals surface area contributed by atoms with E-state index in [2.05, 4.69) is 22.4 Å². The molecule has 0 aliphatic rings. The van der Waals surface area contributed by atoms with Gasteiger partial charge in [0.1, 0.15) is 11.5 Å². The van der Waals surface area contributed by atoms with Gasteiger partial charge in [0.05, 0.1) is 20.8 Å². The van der Waals surface area contributed by atoms with E-state index in [4.69, 9.17) is 21.1 Å². The molecule has 0 atom stereocenters. The van der Waals surface area contributed by atoms with E-state index in [-0.39, 0.29) is 0 Å². The molecule has 3 rings (SSSR count). The number of hydrogen-bond donors (Lipinski definition) is 1. The fraction of sp³-hybridized carbons (Fsp3) is 0.167. The van der Waals surface area contributed by atoms with Crippen LogP contribution < -0.4 is 14.8 Å². The van der Waals surface area contributed by atoms with E-state index in [1.165, 1.54) is 11.3 Å². The van der Waals surface area contributed by atoms with Gasteiger partial charge in [0.2, 0.25) is 0 Å². The Balaban J connectivity index is 1.74. The predicted molar refractivity (Wildman–Crippen MR) is 99.4 cm³/mol. The van der Waals surface area contributed by atoms with E-state index < -0.39 is 0 Å². The normalized spacial score (nSPS) is 10.5. The number of methoxy groups -OCH3 is 2. The molecule has 1 N–H and O–H groups in total. The minimum atomic E-state index is 0.564. The average molecular weight is 361 g/mol. The molecule has 4 nitrogen and oxygen atoms in total. The second-order valence-electron chi connectivity index (χ2n) is 5.08. The Bertz CT molecular complexity index is 818. The highest BCUT2D eigenvalue weighted by atomic mass is 35.5. The van der Waals surface area contributed by atoms with E-state index in [1.807, 2.05) is 30.3 Å². The monoisotopic (exact) mass is 360 g/mol. The molecule has 3 aromatic rings. The minimum Gasteiger partial charge on any atom is -0.497 e. The van der Waals surface area contributed by atoms with Crippen molar-refractivity contribution in [2.24, 2.45) is 0 Å². The van der Waals surface area contributed by atoms with Crippen molar-refractivity contribution < 1.29 is 9.47 Å². The van der Waals surface area contributed by atoms with Crippen LogP contribution in [0.1, 0.15) is 4.88 Å². The van der Waals surface area contributed by atoms with Gasteiger partial charge in [-0.25, -0.2) is 4.98 Å². The van der Waals surface area contributed by atoms with E-state index >= 15 is 0 Å². The van der Waals surface area contributed by atoms with Crippen LogP contribution in [-0.2, 0) is 6.54 Å². The molecule has 0 spiro atoms. The molecule has 0 radical (unpaired) electrons. The van der Waals surface area contributed by atoms with Crippen LogP contribution in [0.5, 0.6) is 11.5 Å². The Hall–Kier alpha value is -2.24. The van der Waals surface area contributed by atoms with Gasteiger partial charge < -0.3 is 14.8 Å². The molecule has 6 heteroatoms. The lowest BCUT2D eigenvalue weighted by Gasteiger charge is -2.11. The number of halogens is 1. The summed E-state index contributed by atoms with van der Waals surface area (Å²) in [4.78, 5) is 5.13. The van der Waals surface area contributed by atoms with E-state index in [9.17, 15) is 0 Å². The molecule has 0 bridgehead atoms. The summed E-state index contributed by atoms with van der Waals surface area (Å²) in [6, 6.07) is 14.0. The molecule has 2 aromatic carbocycles. The highest BCUT2D eigenvalue weighted by Gasteiger charge is 2.07. The predicted octanol–water partition coefficient (Wildman–Crippen LogP) is 5.09. The van der Waals surface area contributed by atoms with Crippen molar-refractivity contribution in [3.05, 3.63) is 58.0 Å². The van der Waals surface area contributed by atoms with Crippen molar-refractivity contribution in [3.63, 3.8) is 0 Å². The number of thiazole rings is 1. The molecule has 24 heavy (non-hydrogen) atoms. The Morgan fingerprint density at radius 3 is 2.50 bits per heavy atom. The summed E-state index contributed by atoms with van der Waals surface area (Å²) in [5.74, 6) is 1.56. The van der Waals surface area contributed by atoms with Crippen LogP contribution in [0, 0.1) is 0 Å². The zero-order valence-corrected chi connectivity index (χ0v) is 14.9. The summed E-state index contributed by atoms with van der Waals surface area (Å²) >= 11 is 7.32. The van der Waals surface area contributed by atoms with Gasteiger partial charge in [-0.3, -0.25) is 0 Å². The van der Waals surface area contributed by atoms with Gasteiger partial charge in [-0.1, -0.05) is 23.7 Å². The first-order chi connectivity index (χ1) is 11.7. The van der Waals surface area contributed by atoms with E-state index in [1.54, 1.807) is 20.4 Å². The molecule has 0 aliphatic heterocycles. The fourth-order valence-corrected chi connectivity index (χ4v) is 3.28. The number of nitrogens with zero attached hydrogens (tertiary/aromatic N) is 1. The number of aromatic nitrogens is 1. The zero-order valence-electron chi connectivity index (χ0n) is 13.4. The first-order valence-electron chi connectivity index (χ1n) is 7.36. The maximum atomic E-state index is 5.84. The van der Waals surface area contributed by atoms with Gasteiger partial charge in [-0.05, 0) is 29.8 Å². The van der Waals surface area contributed by atoms with Gasteiger partial charge in [0.15, 0.2) is 4.47 Å². The standard InChI is InChI=1S/C18H17ClN2O2S/c1-22-14-7-8-16(17(9-14)23-2)12-3-5-13(6-4-12)20-10-15-11-21-18(19)24-15/h3-9,11,20H,10H2,1-2H3. The van der Waals surface area contributed by atoms with E-state index in [0.717, 1.165) is 33.2 Å². The molecular formula is C18H17ClN2O2S. The summed E-state index contributed by atoms with van der Waals surface area (Å²) in [5, 5.41) is 3.36. The van der Waals surface area contributed by atoms with Crippen LogP contribution >= 0.6 is 22.9 Å². The van der Waals surface area contributed by atoms with Crippen LogP contribution in [0.15, 0.2) is 48.7 Å². The first kappa shape index (κ1) is 16.6. The summed E-state index contributed by atoms with van der Waals surface area (Å²) < 4.78 is 11.3. The van der Waals surface area contributed by atoms with Gasteiger partial charge in [-0.2, -0.15) is 0 Å². The summed E-state index contributed by atoms with van der Waals surface area (Å²) in [7, 11) is 3.31. The van der Waals surface area contributed by atoms with E-state index in [0.29, 0.717) is 11.0 Å². The largest absolute Gasteiger partial charge is 0.497 e. The Labute approximate surface area is 150 Å². The lowest BCUT2D eigenvalue weighted by Crippen LogP contribution is -1.97. The maximum absolute atomic E-state index is 5.84. The van der Waals surface area contributed by atoms with Crippen LogP contribution in [-0.4, -0.2) is 19.2 Å². The highest BCUT2D eigenvalue weighted by Crippen LogP contribution is 2.33. The Kier molecular flexibility index (Phi) is 5.23. The molecule has 0 unspecified atom stereocenters. The van der Waals surface area contributed by atoms with Crippen LogP contribution in [0.25, 0.3) is 11.1 Å². The van der Waals surface area contributed by atoms with Gasteiger partial charge in [0.25, 0.3) is 0 Å². The van der Waals surface area contributed by atoms with Crippen molar-refractivity contribution in [3.8, 4) is 22.6 Å². The lowest BCUT2D eigenvalue weighted by atomic mass is 10.0. The van der Waals surface area contributed by atoms with Crippen molar-refractivity contribution in [2.75, 3.05) is 19.5 Å². The third kappa shape index (κ3) is 3.80. The number of benzene rings is 2. The number of hydrogen-bond acceptors (Lipinski definition) is 5. The average Bonchev–Trinajstić information content (AvgIpc) is 3.05. The molecule has 0 aliphatic carbocycles. The molecule has 124 valence electrons.